The Bertz CT molecular complexity index is 908. The van der Waals surface area contributed by atoms with E-state index in [9.17, 15) is 19.3 Å². The Labute approximate surface area is 155 Å². The van der Waals surface area contributed by atoms with Gasteiger partial charge in [0.1, 0.15) is 12.4 Å². The number of benzene rings is 2. The summed E-state index contributed by atoms with van der Waals surface area (Å²) >= 11 is 0. The normalized spacial score (nSPS) is 13.6. The monoisotopic (exact) mass is 373 g/mol. The van der Waals surface area contributed by atoms with Crippen LogP contribution in [0, 0.1) is 21.3 Å². The number of non-ortho nitro benzene ring substituents is 1. The van der Waals surface area contributed by atoms with E-state index in [0.29, 0.717) is 30.3 Å². The number of hydrogen-bond acceptors (Lipinski definition) is 5. The van der Waals surface area contributed by atoms with Crippen molar-refractivity contribution >= 4 is 28.7 Å². The topological polar surface area (TPSA) is 84.7 Å². The van der Waals surface area contributed by atoms with Gasteiger partial charge >= 0.3 is 0 Å². The maximum absolute atomic E-state index is 14.1. The summed E-state index contributed by atoms with van der Waals surface area (Å²) < 4.78 is 19.8. The van der Waals surface area contributed by atoms with Crippen LogP contribution in [0.4, 0.5) is 27.1 Å². The van der Waals surface area contributed by atoms with Gasteiger partial charge in [0, 0.05) is 17.2 Å². The van der Waals surface area contributed by atoms with Crippen molar-refractivity contribution in [3.63, 3.8) is 0 Å². The number of carbonyl (C=O) groups excluding carboxylic acids is 1. The van der Waals surface area contributed by atoms with Crippen LogP contribution in [0.5, 0.6) is 5.75 Å². The molecule has 0 atom stereocenters. The largest absolute Gasteiger partial charge is 0.490 e. The lowest BCUT2D eigenvalue weighted by Crippen LogP contribution is -2.44. The van der Waals surface area contributed by atoms with Gasteiger partial charge in [0.05, 0.1) is 28.9 Å². The minimum absolute atomic E-state index is 0.0364. The number of anilines is 3. The fourth-order valence-corrected chi connectivity index (χ4v) is 2.79. The van der Waals surface area contributed by atoms with Crippen LogP contribution in [-0.2, 0) is 4.79 Å². The van der Waals surface area contributed by atoms with E-state index in [2.05, 4.69) is 5.32 Å². The lowest BCUT2D eigenvalue weighted by Gasteiger charge is -2.34. The van der Waals surface area contributed by atoms with Crippen LogP contribution in [0.25, 0.3) is 0 Å². The van der Waals surface area contributed by atoms with E-state index in [-0.39, 0.29) is 17.3 Å². The highest BCUT2D eigenvalue weighted by Gasteiger charge is 2.32. The number of rotatable bonds is 3. The number of nitro benzene ring substituents is 1. The number of fused-ring (bicyclic) bond motifs is 1. The predicted octanol–water partition coefficient (Wildman–Crippen LogP) is 4.25. The van der Waals surface area contributed by atoms with Gasteiger partial charge in [0.2, 0.25) is 5.91 Å². The number of amides is 1. The van der Waals surface area contributed by atoms with Gasteiger partial charge in [0.25, 0.3) is 5.69 Å². The maximum atomic E-state index is 14.1. The average Bonchev–Trinajstić information content (AvgIpc) is 2.61. The lowest BCUT2D eigenvalue weighted by molar-refractivity contribution is -0.385. The van der Waals surface area contributed by atoms with E-state index in [1.165, 1.54) is 12.1 Å². The van der Waals surface area contributed by atoms with Crippen molar-refractivity contribution in [1.29, 1.82) is 0 Å². The second kappa shape index (κ2) is 6.86. The predicted molar refractivity (Wildman–Crippen MR) is 100 cm³/mol. The molecule has 0 radical (unpaired) electrons. The Morgan fingerprint density at radius 3 is 2.63 bits per heavy atom. The Morgan fingerprint density at radius 2 is 2.00 bits per heavy atom. The summed E-state index contributed by atoms with van der Waals surface area (Å²) in [5.74, 6) is -0.194. The SMILES string of the molecule is CC(C)(C)C(=O)N1CCOc2ccc(Nc3ccc([N+](=O)[O-])cc3F)cc21. The summed E-state index contributed by atoms with van der Waals surface area (Å²) in [5, 5.41) is 13.6. The molecule has 0 fully saturated rings. The number of nitrogens with one attached hydrogen (secondary N) is 1. The highest BCUT2D eigenvalue weighted by molar-refractivity contribution is 5.99. The van der Waals surface area contributed by atoms with Gasteiger partial charge in [-0.2, -0.15) is 0 Å². The molecule has 3 rings (SSSR count). The molecule has 1 N–H and O–H groups in total. The number of nitrogens with zero attached hydrogens (tertiary/aromatic N) is 2. The van der Waals surface area contributed by atoms with Gasteiger partial charge in [-0.1, -0.05) is 20.8 Å². The van der Waals surface area contributed by atoms with E-state index in [1.54, 1.807) is 23.1 Å². The van der Waals surface area contributed by atoms with E-state index < -0.39 is 16.2 Å². The molecule has 142 valence electrons. The molecular weight excluding hydrogens is 353 g/mol. The van der Waals surface area contributed by atoms with E-state index >= 15 is 0 Å². The van der Waals surface area contributed by atoms with Crippen LogP contribution >= 0.6 is 0 Å². The van der Waals surface area contributed by atoms with Crippen molar-refractivity contribution in [2.45, 2.75) is 20.8 Å². The fraction of sp³-hybridized carbons (Fsp3) is 0.316. The third-order valence-corrected chi connectivity index (χ3v) is 4.15. The van der Waals surface area contributed by atoms with E-state index in [4.69, 9.17) is 4.74 Å². The third-order valence-electron chi connectivity index (χ3n) is 4.15. The quantitative estimate of drug-likeness (QED) is 0.642. The zero-order chi connectivity index (χ0) is 19.8. The summed E-state index contributed by atoms with van der Waals surface area (Å²) in [5.41, 5.74) is 0.375. The number of ether oxygens (including phenoxy) is 1. The Hall–Kier alpha value is -3.16. The number of carbonyl (C=O) groups is 1. The van der Waals surface area contributed by atoms with E-state index in [1.807, 2.05) is 20.8 Å². The number of hydrogen-bond donors (Lipinski definition) is 1. The summed E-state index contributed by atoms with van der Waals surface area (Å²) in [6, 6.07) is 8.51. The molecule has 1 aliphatic heterocycles. The van der Waals surface area contributed by atoms with Gasteiger partial charge in [-0.05, 0) is 24.3 Å². The first-order chi connectivity index (χ1) is 12.7. The Kier molecular flexibility index (Phi) is 4.73. The molecule has 1 heterocycles. The van der Waals surface area contributed by atoms with Gasteiger partial charge in [-0.25, -0.2) is 4.39 Å². The van der Waals surface area contributed by atoms with Crippen molar-refractivity contribution in [2.75, 3.05) is 23.4 Å². The van der Waals surface area contributed by atoms with Gasteiger partial charge < -0.3 is 15.0 Å². The summed E-state index contributed by atoms with van der Waals surface area (Å²) in [6.07, 6.45) is 0. The Balaban J connectivity index is 1.91. The maximum Gasteiger partial charge on any atom is 0.272 e. The van der Waals surface area contributed by atoms with Crippen LogP contribution in [0.2, 0.25) is 0 Å². The minimum atomic E-state index is -0.735. The molecule has 0 saturated heterocycles. The molecule has 1 aliphatic rings. The van der Waals surface area contributed by atoms with Crippen molar-refractivity contribution in [3.8, 4) is 5.75 Å². The molecule has 0 saturated carbocycles. The van der Waals surface area contributed by atoms with E-state index in [0.717, 1.165) is 6.07 Å². The second-order valence-electron chi connectivity index (χ2n) is 7.28. The van der Waals surface area contributed by atoms with Crippen LogP contribution < -0.4 is 15.0 Å². The van der Waals surface area contributed by atoms with Crippen molar-refractivity contribution in [3.05, 3.63) is 52.3 Å². The first-order valence-electron chi connectivity index (χ1n) is 8.46. The smallest absolute Gasteiger partial charge is 0.272 e. The van der Waals surface area contributed by atoms with Gasteiger partial charge in [-0.3, -0.25) is 14.9 Å². The first-order valence-corrected chi connectivity index (χ1v) is 8.46. The first kappa shape index (κ1) is 18.6. The summed E-state index contributed by atoms with van der Waals surface area (Å²) in [7, 11) is 0. The van der Waals surface area contributed by atoms with Crippen LogP contribution in [0.1, 0.15) is 20.8 Å². The molecule has 0 bridgehead atoms. The molecular formula is C19H20FN3O4. The molecule has 1 amide bonds. The molecule has 7 nitrogen and oxygen atoms in total. The molecule has 0 unspecified atom stereocenters. The molecule has 27 heavy (non-hydrogen) atoms. The van der Waals surface area contributed by atoms with Crippen molar-refractivity contribution in [2.24, 2.45) is 5.41 Å². The second-order valence-corrected chi connectivity index (χ2v) is 7.28. The highest BCUT2D eigenvalue weighted by atomic mass is 19.1. The number of nitro groups is 1. The number of halogens is 1. The van der Waals surface area contributed by atoms with Crippen LogP contribution in [-0.4, -0.2) is 24.0 Å². The zero-order valence-electron chi connectivity index (χ0n) is 15.3. The summed E-state index contributed by atoms with van der Waals surface area (Å²) in [6.45, 7) is 6.37. The molecule has 0 aromatic heterocycles. The average molecular weight is 373 g/mol. The minimum Gasteiger partial charge on any atom is -0.490 e. The molecule has 0 spiro atoms. The van der Waals surface area contributed by atoms with Gasteiger partial charge in [0.15, 0.2) is 5.82 Å². The molecule has 8 heteroatoms. The highest BCUT2D eigenvalue weighted by Crippen LogP contribution is 2.37. The van der Waals surface area contributed by atoms with Gasteiger partial charge in [-0.15, -0.1) is 0 Å². The summed E-state index contributed by atoms with van der Waals surface area (Å²) in [4.78, 5) is 24.5. The third kappa shape index (κ3) is 3.84. The zero-order valence-corrected chi connectivity index (χ0v) is 15.3. The van der Waals surface area contributed by atoms with Crippen LogP contribution in [0.15, 0.2) is 36.4 Å². The van der Waals surface area contributed by atoms with Crippen molar-refractivity contribution < 1.29 is 18.8 Å². The van der Waals surface area contributed by atoms with Crippen molar-refractivity contribution in [1.82, 2.24) is 0 Å². The molecule has 2 aromatic carbocycles. The molecule has 2 aromatic rings. The lowest BCUT2D eigenvalue weighted by atomic mass is 9.94. The van der Waals surface area contributed by atoms with Crippen LogP contribution in [0.3, 0.4) is 0 Å². The molecule has 0 aliphatic carbocycles. The fourth-order valence-electron chi connectivity index (χ4n) is 2.79. The standard InChI is InChI=1S/C19H20FN3O4/c1-19(2,3)18(24)22-8-9-27-17-7-4-12(10-16(17)22)21-15-6-5-13(23(25)26)11-14(15)20/h4-7,10-11,21H,8-9H2,1-3H3. The Morgan fingerprint density at radius 1 is 1.26 bits per heavy atom.